The Morgan fingerprint density at radius 2 is 1.78 bits per heavy atom. The topological polar surface area (TPSA) is 32.5 Å². The van der Waals surface area contributed by atoms with Crippen LogP contribution in [-0.4, -0.2) is 37.1 Å². The van der Waals surface area contributed by atoms with E-state index in [9.17, 15) is 0 Å². The zero-order valence-electron chi connectivity index (χ0n) is 11.4. The Kier molecular flexibility index (Phi) is 4.17. The zero-order valence-corrected chi connectivity index (χ0v) is 13.0. The minimum atomic E-state index is 0.642. The predicted molar refractivity (Wildman–Crippen MR) is 82.2 cm³/mol. The van der Waals surface area contributed by atoms with Crippen molar-refractivity contribution in [3.8, 4) is 0 Å². The lowest BCUT2D eigenvalue weighted by Crippen LogP contribution is -2.49. The van der Waals surface area contributed by atoms with E-state index in [0.29, 0.717) is 6.04 Å². The molecule has 0 radical (unpaired) electrons. The lowest BCUT2D eigenvalue weighted by molar-refractivity contribution is 0.209. The van der Waals surface area contributed by atoms with Gasteiger partial charge in [-0.25, -0.2) is 0 Å². The summed E-state index contributed by atoms with van der Waals surface area (Å²) in [6.45, 7) is 11.0. The van der Waals surface area contributed by atoms with E-state index in [0.717, 1.165) is 41.9 Å². The summed E-state index contributed by atoms with van der Waals surface area (Å²) in [6.07, 6.45) is 0. The molecule has 1 aromatic carbocycles. The highest BCUT2D eigenvalue weighted by molar-refractivity contribution is 9.10. The Balaban J connectivity index is 2.12. The molecule has 2 rings (SSSR count). The molecule has 1 aromatic rings. The van der Waals surface area contributed by atoms with Crippen LogP contribution in [0.1, 0.15) is 19.4 Å². The fourth-order valence-electron chi connectivity index (χ4n) is 2.40. The number of anilines is 2. The van der Waals surface area contributed by atoms with Crippen LogP contribution in [0.2, 0.25) is 0 Å². The summed E-state index contributed by atoms with van der Waals surface area (Å²) in [7, 11) is 0. The van der Waals surface area contributed by atoms with E-state index in [1.807, 2.05) is 6.07 Å². The smallest absolute Gasteiger partial charge is 0.0515 e. The number of rotatable bonds is 2. The molecule has 1 fully saturated rings. The molecule has 4 heteroatoms. The predicted octanol–water partition coefficient (Wildman–Crippen LogP) is 2.87. The third-order valence-corrected chi connectivity index (χ3v) is 4.36. The van der Waals surface area contributed by atoms with Gasteiger partial charge in [-0.3, -0.25) is 4.90 Å². The highest BCUT2D eigenvalue weighted by Crippen LogP contribution is 2.31. The van der Waals surface area contributed by atoms with Crippen LogP contribution in [0.3, 0.4) is 0 Å². The van der Waals surface area contributed by atoms with E-state index in [1.165, 1.54) is 5.69 Å². The molecule has 1 saturated heterocycles. The number of benzene rings is 1. The second-order valence-corrected chi connectivity index (χ2v) is 6.13. The van der Waals surface area contributed by atoms with Crippen LogP contribution >= 0.6 is 15.9 Å². The second kappa shape index (κ2) is 5.49. The molecule has 18 heavy (non-hydrogen) atoms. The van der Waals surface area contributed by atoms with Crippen molar-refractivity contribution in [1.82, 2.24) is 4.90 Å². The van der Waals surface area contributed by atoms with Crippen molar-refractivity contribution in [2.45, 2.75) is 26.8 Å². The maximum absolute atomic E-state index is 5.92. The first-order valence-electron chi connectivity index (χ1n) is 6.53. The Morgan fingerprint density at radius 1 is 1.17 bits per heavy atom. The number of halogens is 1. The van der Waals surface area contributed by atoms with Gasteiger partial charge in [-0.1, -0.05) is 0 Å². The molecule has 1 heterocycles. The number of hydrogen-bond donors (Lipinski definition) is 1. The van der Waals surface area contributed by atoms with Gasteiger partial charge in [-0.15, -0.1) is 0 Å². The van der Waals surface area contributed by atoms with E-state index in [2.05, 4.69) is 52.6 Å². The van der Waals surface area contributed by atoms with Crippen LogP contribution in [0.25, 0.3) is 0 Å². The molecular weight excluding hydrogens is 290 g/mol. The average Bonchev–Trinajstić information content (AvgIpc) is 2.34. The van der Waals surface area contributed by atoms with Crippen molar-refractivity contribution < 1.29 is 0 Å². The number of aryl methyl sites for hydroxylation is 1. The summed E-state index contributed by atoms with van der Waals surface area (Å²) in [5.74, 6) is 0. The molecule has 0 saturated carbocycles. The molecule has 0 atom stereocenters. The van der Waals surface area contributed by atoms with E-state index in [1.54, 1.807) is 0 Å². The Bertz CT molecular complexity index is 423. The first-order valence-corrected chi connectivity index (χ1v) is 7.33. The van der Waals surface area contributed by atoms with Gasteiger partial charge in [0.2, 0.25) is 0 Å². The fourth-order valence-corrected chi connectivity index (χ4v) is 3.02. The molecular formula is C14H22BrN3. The summed E-state index contributed by atoms with van der Waals surface area (Å²) in [5, 5.41) is 0. The summed E-state index contributed by atoms with van der Waals surface area (Å²) in [6, 6.07) is 4.84. The van der Waals surface area contributed by atoms with Crippen LogP contribution in [-0.2, 0) is 0 Å². The van der Waals surface area contributed by atoms with Gasteiger partial charge in [0, 0.05) is 42.4 Å². The molecule has 0 aromatic heterocycles. The van der Waals surface area contributed by atoms with Gasteiger partial charge in [0.25, 0.3) is 0 Å². The van der Waals surface area contributed by atoms with Gasteiger partial charge in [-0.2, -0.15) is 0 Å². The van der Waals surface area contributed by atoms with Gasteiger partial charge in [-0.05, 0) is 54.4 Å². The van der Waals surface area contributed by atoms with E-state index < -0.39 is 0 Å². The molecule has 0 aliphatic carbocycles. The highest BCUT2D eigenvalue weighted by atomic mass is 79.9. The van der Waals surface area contributed by atoms with Gasteiger partial charge in [0.1, 0.15) is 0 Å². The molecule has 0 unspecified atom stereocenters. The standard InChI is InChI=1S/C14H22BrN3/c1-10(2)17-4-6-18(7-5-17)14-8-11(3)13(16)9-12(14)15/h8-10H,4-7,16H2,1-3H3. The zero-order chi connectivity index (χ0) is 13.3. The average molecular weight is 312 g/mol. The molecule has 3 nitrogen and oxygen atoms in total. The number of nitrogens with two attached hydrogens (primary N) is 1. The summed E-state index contributed by atoms with van der Waals surface area (Å²) < 4.78 is 1.10. The lowest BCUT2D eigenvalue weighted by atomic mass is 10.1. The van der Waals surface area contributed by atoms with E-state index in [-0.39, 0.29) is 0 Å². The largest absolute Gasteiger partial charge is 0.398 e. The first kappa shape index (κ1) is 13.7. The second-order valence-electron chi connectivity index (χ2n) is 5.28. The van der Waals surface area contributed by atoms with E-state index >= 15 is 0 Å². The SMILES string of the molecule is Cc1cc(N2CCN(C(C)C)CC2)c(Br)cc1N. The van der Waals surface area contributed by atoms with Crippen molar-refractivity contribution in [3.63, 3.8) is 0 Å². The molecule has 100 valence electrons. The Labute approximate surface area is 118 Å². The number of piperazine rings is 1. The van der Waals surface area contributed by atoms with Crippen LogP contribution in [0.4, 0.5) is 11.4 Å². The van der Waals surface area contributed by atoms with Crippen molar-refractivity contribution in [2.75, 3.05) is 36.8 Å². The minimum absolute atomic E-state index is 0.642. The van der Waals surface area contributed by atoms with Crippen LogP contribution in [0, 0.1) is 6.92 Å². The van der Waals surface area contributed by atoms with Crippen molar-refractivity contribution in [2.24, 2.45) is 0 Å². The third kappa shape index (κ3) is 2.81. The monoisotopic (exact) mass is 311 g/mol. The summed E-state index contributed by atoms with van der Waals surface area (Å²) in [4.78, 5) is 4.96. The van der Waals surface area contributed by atoms with Crippen LogP contribution < -0.4 is 10.6 Å². The minimum Gasteiger partial charge on any atom is -0.398 e. The quantitative estimate of drug-likeness (QED) is 0.852. The van der Waals surface area contributed by atoms with Gasteiger partial charge >= 0.3 is 0 Å². The molecule has 0 spiro atoms. The van der Waals surface area contributed by atoms with Crippen molar-refractivity contribution >= 4 is 27.3 Å². The maximum atomic E-state index is 5.92. The van der Waals surface area contributed by atoms with Gasteiger partial charge in [0.05, 0.1) is 5.69 Å². The fraction of sp³-hybridized carbons (Fsp3) is 0.571. The van der Waals surface area contributed by atoms with Crippen molar-refractivity contribution in [1.29, 1.82) is 0 Å². The molecule has 1 aliphatic heterocycles. The highest BCUT2D eigenvalue weighted by Gasteiger charge is 2.20. The molecule has 0 bridgehead atoms. The third-order valence-electron chi connectivity index (χ3n) is 3.72. The van der Waals surface area contributed by atoms with Gasteiger partial charge in [0.15, 0.2) is 0 Å². The molecule has 2 N–H and O–H groups in total. The van der Waals surface area contributed by atoms with Crippen LogP contribution in [0.5, 0.6) is 0 Å². The Hall–Kier alpha value is -0.740. The number of hydrogen-bond acceptors (Lipinski definition) is 3. The Morgan fingerprint density at radius 3 is 2.33 bits per heavy atom. The summed E-state index contributed by atoms with van der Waals surface area (Å²) >= 11 is 3.63. The van der Waals surface area contributed by atoms with Crippen molar-refractivity contribution in [3.05, 3.63) is 22.2 Å². The maximum Gasteiger partial charge on any atom is 0.0515 e. The normalized spacial score (nSPS) is 17.5. The number of nitrogen functional groups attached to an aromatic ring is 1. The first-order chi connectivity index (χ1) is 8.49. The van der Waals surface area contributed by atoms with E-state index in [4.69, 9.17) is 5.73 Å². The van der Waals surface area contributed by atoms with Crippen LogP contribution in [0.15, 0.2) is 16.6 Å². The van der Waals surface area contributed by atoms with Gasteiger partial charge < -0.3 is 10.6 Å². The summed E-state index contributed by atoms with van der Waals surface area (Å²) in [5.41, 5.74) is 9.20. The number of nitrogens with zero attached hydrogens (tertiary/aromatic N) is 2. The molecule has 0 amide bonds. The molecule has 1 aliphatic rings. The lowest BCUT2D eigenvalue weighted by Gasteiger charge is -2.38.